The first-order valence-corrected chi connectivity index (χ1v) is 9.01. The lowest BCUT2D eigenvalue weighted by Crippen LogP contribution is -1.96. The number of rotatable bonds is 6. The van der Waals surface area contributed by atoms with Crippen LogP contribution in [0.25, 0.3) is 10.8 Å². The lowest BCUT2D eigenvalue weighted by molar-refractivity contribution is 0.354. The molecule has 0 bridgehead atoms. The zero-order valence-electron chi connectivity index (χ0n) is 15.6. The van der Waals surface area contributed by atoms with Crippen LogP contribution < -0.4 is 9.47 Å². The molecule has 27 heavy (non-hydrogen) atoms. The Balaban J connectivity index is 1.62. The van der Waals surface area contributed by atoms with E-state index in [-0.39, 0.29) is 0 Å². The van der Waals surface area contributed by atoms with Crippen LogP contribution in [0.1, 0.15) is 22.5 Å². The summed E-state index contributed by atoms with van der Waals surface area (Å²) in [4.78, 5) is 0. The second-order valence-corrected chi connectivity index (χ2v) is 6.55. The van der Waals surface area contributed by atoms with Gasteiger partial charge in [0, 0.05) is 12.8 Å². The molecule has 0 unspecified atom stereocenters. The molecule has 1 heterocycles. The average molecular weight is 358 g/mol. The number of ether oxygens (including phenoxy) is 2. The minimum atomic E-state index is 0.740. The molecule has 1 aromatic heterocycles. The highest BCUT2D eigenvalue weighted by atomic mass is 16.5. The summed E-state index contributed by atoms with van der Waals surface area (Å²) >= 11 is 0. The summed E-state index contributed by atoms with van der Waals surface area (Å²) in [6.07, 6.45) is 3.34. The highest BCUT2D eigenvalue weighted by Gasteiger charge is 2.12. The third-order valence-electron chi connectivity index (χ3n) is 4.91. The summed E-state index contributed by atoms with van der Waals surface area (Å²) in [5, 5.41) is 2.52. The molecule has 0 radical (unpaired) electrons. The number of furan rings is 1. The predicted octanol–water partition coefficient (Wildman–Crippen LogP) is 5.63. The zero-order chi connectivity index (χ0) is 18.6. The quantitative estimate of drug-likeness (QED) is 0.447. The second kappa shape index (κ2) is 7.58. The van der Waals surface area contributed by atoms with Gasteiger partial charge < -0.3 is 13.9 Å². The molecule has 3 nitrogen and oxygen atoms in total. The molecule has 0 saturated carbocycles. The molecule has 0 amide bonds. The Hall–Kier alpha value is -3.20. The van der Waals surface area contributed by atoms with Gasteiger partial charge in [0.15, 0.2) is 11.5 Å². The standard InChI is InChI=1S/C24H22O3/c1-25-22-11-10-17(15-24(22)26-2)14-20-12-13-27-23(20)16-19-8-5-7-18-6-3-4-9-21(18)19/h3-13,15H,14,16H2,1-2H3. The lowest BCUT2D eigenvalue weighted by Gasteiger charge is -2.10. The van der Waals surface area contributed by atoms with Crippen LogP contribution in [0.2, 0.25) is 0 Å². The van der Waals surface area contributed by atoms with E-state index in [1.165, 1.54) is 21.9 Å². The SMILES string of the molecule is COc1ccc(Cc2ccoc2Cc2cccc3ccccc23)cc1OC. The molecule has 3 aromatic carbocycles. The van der Waals surface area contributed by atoms with E-state index < -0.39 is 0 Å². The van der Waals surface area contributed by atoms with Crippen LogP contribution in [-0.2, 0) is 12.8 Å². The van der Waals surface area contributed by atoms with Crippen LogP contribution in [0, 0.1) is 0 Å². The van der Waals surface area contributed by atoms with E-state index in [1.54, 1.807) is 20.5 Å². The Morgan fingerprint density at radius 2 is 1.56 bits per heavy atom. The number of methoxy groups -OCH3 is 2. The van der Waals surface area contributed by atoms with Crippen LogP contribution in [0.4, 0.5) is 0 Å². The molecule has 0 atom stereocenters. The van der Waals surface area contributed by atoms with Gasteiger partial charge in [0.25, 0.3) is 0 Å². The summed E-state index contributed by atoms with van der Waals surface area (Å²) in [5.41, 5.74) is 3.62. The van der Waals surface area contributed by atoms with E-state index in [1.807, 2.05) is 12.1 Å². The maximum atomic E-state index is 5.84. The topological polar surface area (TPSA) is 31.6 Å². The summed E-state index contributed by atoms with van der Waals surface area (Å²) in [7, 11) is 3.31. The van der Waals surface area contributed by atoms with Gasteiger partial charge in [0.1, 0.15) is 5.76 Å². The maximum Gasteiger partial charge on any atom is 0.160 e. The van der Waals surface area contributed by atoms with Gasteiger partial charge in [-0.15, -0.1) is 0 Å². The molecule has 4 rings (SSSR count). The molecule has 0 fully saturated rings. The number of hydrogen-bond acceptors (Lipinski definition) is 3. The molecular weight excluding hydrogens is 336 g/mol. The monoisotopic (exact) mass is 358 g/mol. The molecule has 0 aliphatic heterocycles. The third kappa shape index (κ3) is 3.54. The van der Waals surface area contributed by atoms with Crippen LogP contribution in [-0.4, -0.2) is 14.2 Å². The number of hydrogen-bond donors (Lipinski definition) is 0. The minimum absolute atomic E-state index is 0.740. The van der Waals surface area contributed by atoms with Gasteiger partial charge in [-0.25, -0.2) is 0 Å². The molecule has 0 aliphatic carbocycles. The molecule has 0 saturated heterocycles. The Morgan fingerprint density at radius 3 is 2.41 bits per heavy atom. The molecular formula is C24H22O3. The third-order valence-corrected chi connectivity index (χ3v) is 4.91. The minimum Gasteiger partial charge on any atom is -0.493 e. The average Bonchev–Trinajstić information content (AvgIpc) is 3.14. The van der Waals surface area contributed by atoms with E-state index in [0.29, 0.717) is 0 Å². The van der Waals surface area contributed by atoms with Gasteiger partial charge in [-0.3, -0.25) is 0 Å². The summed E-state index contributed by atoms with van der Waals surface area (Å²) in [5.74, 6) is 2.49. The fraction of sp³-hybridized carbons (Fsp3) is 0.167. The van der Waals surface area contributed by atoms with Gasteiger partial charge in [0.05, 0.1) is 20.5 Å². The van der Waals surface area contributed by atoms with Crippen molar-refractivity contribution in [1.29, 1.82) is 0 Å². The summed E-state index contributed by atoms with van der Waals surface area (Å²) in [6, 6.07) is 23.0. The Morgan fingerprint density at radius 1 is 0.741 bits per heavy atom. The first-order chi connectivity index (χ1) is 13.3. The highest BCUT2D eigenvalue weighted by Crippen LogP contribution is 2.30. The van der Waals surface area contributed by atoms with E-state index in [4.69, 9.17) is 13.9 Å². The molecule has 0 aliphatic rings. The smallest absolute Gasteiger partial charge is 0.160 e. The van der Waals surface area contributed by atoms with E-state index in [0.717, 1.165) is 35.7 Å². The van der Waals surface area contributed by atoms with Gasteiger partial charge in [-0.05, 0) is 45.7 Å². The van der Waals surface area contributed by atoms with E-state index >= 15 is 0 Å². The van der Waals surface area contributed by atoms with Crippen molar-refractivity contribution in [3.05, 3.63) is 95.4 Å². The first kappa shape index (κ1) is 17.2. The van der Waals surface area contributed by atoms with E-state index in [9.17, 15) is 0 Å². The fourth-order valence-electron chi connectivity index (χ4n) is 3.51. The van der Waals surface area contributed by atoms with Crippen molar-refractivity contribution in [3.63, 3.8) is 0 Å². The Bertz CT molecular complexity index is 1060. The van der Waals surface area contributed by atoms with Crippen molar-refractivity contribution in [2.24, 2.45) is 0 Å². The van der Waals surface area contributed by atoms with Gasteiger partial charge in [-0.1, -0.05) is 48.5 Å². The Labute approximate surface area is 159 Å². The fourth-order valence-corrected chi connectivity index (χ4v) is 3.51. The molecule has 0 spiro atoms. The van der Waals surface area contributed by atoms with Crippen molar-refractivity contribution in [3.8, 4) is 11.5 Å². The molecule has 3 heteroatoms. The van der Waals surface area contributed by atoms with Crippen molar-refractivity contribution >= 4 is 10.8 Å². The second-order valence-electron chi connectivity index (χ2n) is 6.55. The van der Waals surface area contributed by atoms with Crippen LogP contribution in [0.5, 0.6) is 11.5 Å². The van der Waals surface area contributed by atoms with Crippen molar-refractivity contribution in [2.45, 2.75) is 12.8 Å². The molecule has 4 aromatic rings. The van der Waals surface area contributed by atoms with Gasteiger partial charge >= 0.3 is 0 Å². The molecule has 136 valence electrons. The van der Waals surface area contributed by atoms with Crippen molar-refractivity contribution < 1.29 is 13.9 Å². The summed E-state index contributed by atoms with van der Waals surface area (Å²) in [6.45, 7) is 0. The zero-order valence-corrected chi connectivity index (χ0v) is 15.6. The van der Waals surface area contributed by atoms with E-state index in [2.05, 4.69) is 54.6 Å². The normalized spacial score (nSPS) is 10.9. The van der Waals surface area contributed by atoms with Gasteiger partial charge in [0.2, 0.25) is 0 Å². The Kier molecular flexibility index (Phi) is 4.84. The summed E-state index contributed by atoms with van der Waals surface area (Å²) < 4.78 is 16.6. The van der Waals surface area contributed by atoms with Crippen LogP contribution >= 0.6 is 0 Å². The van der Waals surface area contributed by atoms with Crippen LogP contribution in [0.3, 0.4) is 0 Å². The number of fused-ring (bicyclic) bond motifs is 1. The van der Waals surface area contributed by atoms with Crippen molar-refractivity contribution in [1.82, 2.24) is 0 Å². The van der Waals surface area contributed by atoms with Crippen LogP contribution in [0.15, 0.2) is 77.4 Å². The maximum absolute atomic E-state index is 5.84. The lowest BCUT2D eigenvalue weighted by atomic mass is 9.98. The molecule has 0 N–H and O–H groups in total. The van der Waals surface area contributed by atoms with Crippen molar-refractivity contribution in [2.75, 3.05) is 14.2 Å². The highest BCUT2D eigenvalue weighted by molar-refractivity contribution is 5.85. The van der Waals surface area contributed by atoms with Gasteiger partial charge in [-0.2, -0.15) is 0 Å². The predicted molar refractivity (Wildman–Crippen MR) is 108 cm³/mol. The first-order valence-electron chi connectivity index (χ1n) is 9.01. The largest absolute Gasteiger partial charge is 0.493 e. The number of benzene rings is 3.